The lowest BCUT2D eigenvalue weighted by molar-refractivity contribution is 0.240. The van der Waals surface area contributed by atoms with Gasteiger partial charge in [-0.2, -0.15) is 30.7 Å². The quantitative estimate of drug-likeness (QED) is 0.111. The number of nitrogens with zero attached hydrogens (tertiary/aromatic N) is 6. The van der Waals surface area contributed by atoms with Crippen LogP contribution in [0.3, 0.4) is 0 Å². The van der Waals surface area contributed by atoms with Crippen molar-refractivity contribution in [2.75, 3.05) is 13.2 Å². The van der Waals surface area contributed by atoms with Crippen molar-refractivity contribution in [1.82, 2.24) is 0 Å². The van der Waals surface area contributed by atoms with Crippen molar-refractivity contribution < 1.29 is 9.47 Å². The molecular formula is C42H54N6O2. The summed E-state index contributed by atoms with van der Waals surface area (Å²) < 4.78 is 11.9. The van der Waals surface area contributed by atoms with Gasteiger partial charge in [-0.25, -0.2) is 0 Å². The SMILES string of the molecule is CC(CCOc1ccc(/N=N/c2ccc(/N=N/c3ccc(/N=N/c4ccc(OCCC(C)CC(C)(C)C)cc4)cc3)cc2)cc1)CC(C)(C)C. The summed E-state index contributed by atoms with van der Waals surface area (Å²) in [6, 6.07) is 30.3. The molecular weight excluding hydrogens is 621 g/mol. The zero-order chi connectivity index (χ0) is 36.0. The van der Waals surface area contributed by atoms with Crippen LogP contribution in [-0.4, -0.2) is 13.2 Å². The Morgan fingerprint density at radius 2 is 0.620 bits per heavy atom. The van der Waals surface area contributed by atoms with Gasteiger partial charge < -0.3 is 9.47 Å². The van der Waals surface area contributed by atoms with E-state index in [9.17, 15) is 0 Å². The third-order valence-corrected chi connectivity index (χ3v) is 7.90. The number of benzene rings is 4. The van der Waals surface area contributed by atoms with Crippen molar-refractivity contribution in [1.29, 1.82) is 0 Å². The van der Waals surface area contributed by atoms with Crippen molar-refractivity contribution in [3.05, 3.63) is 97.1 Å². The molecule has 0 heterocycles. The average molecular weight is 675 g/mol. The van der Waals surface area contributed by atoms with Crippen molar-refractivity contribution in [3.8, 4) is 11.5 Å². The molecule has 2 atom stereocenters. The molecule has 4 aromatic carbocycles. The number of hydrogen-bond donors (Lipinski definition) is 0. The fraction of sp³-hybridized carbons (Fsp3) is 0.429. The number of azo groups is 3. The Morgan fingerprint density at radius 1 is 0.400 bits per heavy atom. The molecule has 0 saturated heterocycles. The Labute approximate surface area is 299 Å². The molecule has 50 heavy (non-hydrogen) atoms. The van der Waals surface area contributed by atoms with Crippen molar-refractivity contribution in [2.45, 2.75) is 81.1 Å². The molecule has 0 fully saturated rings. The van der Waals surface area contributed by atoms with E-state index in [-0.39, 0.29) is 0 Å². The van der Waals surface area contributed by atoms with E-state index < -0.39 is 0 Å². The predicted octanol–water partition coefficient (Wildman–Crippen LogP) is 14.6. The number of hydrogen-bond acceptors (Lipinski definition) is 8. The number of rotatable bonds is 16. The van der Waals surface area contributed by atoms with Gasteiger partial charge in [-0.05, 0) is 145 Å². The summed E-state index contributed by atoms with van der Waals surface area (Å²) in [6.45, 7) is 19.7. The lowest BCUT2D eigenvalue weighted by Gasteiger charge is -2.23. The second-order valence-electron chi connectivity index (χ2n) is 15.6. The lowest BCUT2D eigenvalue weighted by atomic mass is 9.84. The maximum absolute atomic E-state index is 5.93. The fourth-order valence-corrected chi connectivity index (χ4v) is 5.79. The van der Waals surface area contributed by atoms with Gasteiger partial charge in [-0.1, -0.05) is 55.4 Å². The first-order chi connectivity index (χ1) is 23.8. The predicted molar refractivity (Wildman–Crippen MR) is 205 cm³/mol. The molecule has 0 aliphatic rings. The van der Waals surface area contributed by atoms with Crippen LogP contribution in [0.15, 0.2) is 128 Å². The van der Waals surface area contributed by atoms with Gasteiger partial charge >= 0.3 is 0 Å². The maximum Gasteiger partial charge on any atom is 0.119 e. The molecule has 0 bridgehead atoms. The molecule has 4 rings (SSSR count). The lowest BCUT2D eigenvalue weighted by Crippen LogP contribution is -2.13. The molecule has 0 aromatic heterocycles. The summed E-state index contributed by atoms with van der Waals surface area (Å²) in [5, 5.41) is 26.1. The molecule has 264 valence electrons. The van der Waals surface area contributed by atoms with Crippen LogP contribution in [0.1, 0.15) is 81.1 Å². The highest BCUT2D eigenvalue weighted by molar-refractivity contribution is 5.50. The average Bonchev–Trinajstić information content (AvgIpc) is 3.06. The van der Waals surface area contributed by atoms with E-state index in [2.05, 4.69) is 86.1 Å². The Hall–Kier alpha value is -4.72. The fourth-order valence-electron chi connectivity index (χ4n) is 5.79. The first-order valence-corrected chi connectivity index (χ1v) is 17.7. The van der Waals surface area contributed by atoms with E-state index in [1.54, 1.807) is 0 Å². The maximum atomic E-state index is 5.93. The minimum Gasteiger partial charge on any atom is -0.494 e. The monoisotopic (exact) mass is 674 g/mol. The molecule has 4 aromatic rings. The van der Waals surface area contributed by atoms with E-state index in [4.69, 9.17) is 9.47 Å². The van der Waals surface area contributed by atoms with Crippen LogP contribution in [0.2, 0.25) is 0 Å². The van der Waals surface area contributed by atoms with Crippen molar-refractivity contribution in [2.24, 2.45) is 53.4 Å². The molecule has 0 spiro atoms. The van der Waals surface area contributed by atoms with Gasteiger partial charge in [0.05, 0.1) is 47.3 Å². The second kappa shape index (κ2) is 18.3. The molecule has 0 N–H and O–H groups in total. The Kier molecular flexibility index (Phi) is 14.0. The first-order valence-electron chi connectivity index (χ1n) is 17.7. The van der Waals surface area contributed by atoms with Gasteiger partial charge in [0.2, 0.25) is 0 Å². The van der Waals surface area contributed by atoms with Crippen LogP contribution in [0, 0.1) is 22.7 Å². The molecule has 0 aliphatic heterocycles. The third kappa shape index (κ3) is 14.8. The van der Waals surface area contributed by atoms with Crippen molar-refractivity contribution >= 4 is 34.1 Å². The van der Waals surface area contributed by atoms with Crippen LogP contribution in [0.25, 0.3) is 0 Å². The molecule has 8 heteroatoms. The second-order valence-corrected chi connectivity index (χ2v) is 15.6. The van der Waals surface area contributed by atoms with Gasteiger partial charge in [-0.15, -0.1) is 0 Å². The molecule has 0 amide bonds. The van der Waals surface area contributed by atoms with E-state index in [0.717, 1.165) is 58.5 Å². The molecule has 0 radical (unpaired) electrons. The highest BCUT2D eigenvalue weighted by Crippen LogP contribution is 2.29. The summed E-state index contributed by atoms with van der Waals surface area (Å²) in [5.74, 6) is 2.95. The van der Waals surface area contributed by atoms with Crippen LogP contribution in [-0.2, 0) is 0 Å². The molecule has 2 unspecified atom stereocenters. The van der Waals surface area contributed by atoms with Gasteiger partial charge in [0.1, 0.15) is 11.5 Å². The van der Waals surface area contributed by atoms with E-state index in [1.807, 2.05) is 97.1 Å². The smallest absolute Gasteiger partial charge is 0.119 e. The van der Waals surface area contributed by atoms with Crippen LogP contribution >= 0.6 is 0 Å². The Balaban J connectivity index is 1.19. The zero-order valence-electron chi connectivity index (χ0n) is 31.1. The normalized spacial score (nSPS) is 13.7. The van der Waals surface area contributed by atoms with Crippen LogP contribution in [0.5, 0.6) is 11.5 Å². The third-order valence-electron chi connectivity index (χ3n) is 7.90. The highest BCUT2D eigenvalue weighted by Gasteiger charge is 2.16. The summed E-state index contributed by atoms with van der Waals surface area (Å²) in [5.41, 5.74) is 5.12. The van der Waals surface area contributed by atoms with E-state index >= 15 is 0 Å². The summed E-state index contributed by atoms with van der Waals surface area (Å²) in [6.07, 6.45) is 4.46. The largest absolute Gasteiger partial charge is 0.494 e. The van der Waals surface area contributed by atoms with Crippen LogP contribution < -0.4 is 9.47 Å². The Bertz CT molecular complexity index is 1540. The summed E-state index contributed by atoms with van der Waals surface area (Å²) >= 11 is 0. The van der Waals surface area contributed by atoms with Crippen molar-refractivity contribution in [3.63, 3.8) is 0 Å². The summed E-state index contributed by atoms with van der Waals surface area (Å²) in [7, 11) is 0. The number of ether oxygens (including phenoxy) is 2. The Morgan fingerprint density at radius 3 is 0.840 bits per heavy atom. The van der Waals surface area contributed by atoms with E-state index in [1.165, 1.54) is 12.8 Å². The summed E-state index contributed by atoms with van der Waals surface area (Å²) in [4.78, 5) is 0. The highest BCUT2D eigenvalue weighted by atomic mass is 16.5. The van der Waals surface area contributed by atoms with Gasteiger partial charge in [0.25, 0.3) is 0 Å². The first kappa shape index (κ1) is 38.1. The van der Waals surface area contributed by atoms with Gasteiger partial charge in [0, 0.05) is 0 Å². The standard InChI is InChI=1S/C42H54N6O2/c1-31(29-41(3,4)5)25-27-49-39-21-17-37(18-22-39)47-45-35-13-9-33(10-14-35)43-44-34-11-15-36(16-12-34)46-48-38-19-23-40(24-20-38)50-28-26-32(2)30-42(6,7)8/h9-24,31-32H,25-30H2,1-8H3/b44-43+,47-45+,48-46+. The van der Waals surface area contributed by atoms with Crippen LogP contribution in [0.4, 0.5) is 34.1 Å². The topological polar surface area (TPSA) is 92.6 Å². The molecule has 0 aliphatic carbocycles. The minimum absolute atomic E-state index is 0.343. The zero-order valence-corrected chi connectivity index (χ0v) is 31.1. The molecule has 0 saturated carbocycles. The van der Waals surface area contributed by atoms with Gasteiger partial charge in [-0.3, -0.25) is 0 Å². The van der Waals surface area contributed by atoms with Gasteiger partial charge in [0.15, 0.2) is 0 Å². The van der Waals surface area contributed by atoms with E-state index in [0.29, 0.717) is 35.9 Å². The molecule has 8 nitrogen and oxygen atoms in total. The minimum atomic E-state index is 0.343.